The molecule has 0 atom stereocenters. The van der Waals surface area contributed by atoms with Gasteiger partial charge in [-0.2, -0.15) is 0 Å². The van der Waals surface area contributed by atoms with Gasteiger partial charge in [0.15, 0.2) is 5.82 Å². The molecule has 3 aromatic rings. The van der Waals surface area contributed by atoms with Crippen molar-refractivity contribution in [2.75, 3.05) is 12.4 Å². The Balaban J connectivity index is 2.18. The highest BCUT2D eigenvalue weighted by Gasteiger charge is 2.12. The summed E-state index contributed by atoms with van der Waals surface area (Å²) in [6.45, 7) is 1.94. The Kier molecular flexibility index (Phi) is 2.94. The molecule has 0 bridgehead atoms. The minimum Gasteiger partial charge on any atom is -0.372 e. The minimum absolute atomic E-state index is 0.619. The van der Waals surface area contributed by atoms with Gasteiger partial charge in [-0.25, -0.2) is 15.0 Å². The van der Waals surface area contributed by atoms with Gasteiger partial charge in [-0.05, 0) is 35.0 Å². The predicted molar refractivity (Wildman–Crippen MR) is 78.2 cm³/mol. The van der Waals surface area contributed by atoms with Crippen molar-refractivity contribution < 1.29 is 0 Å². The fourth-order valence-corrected chi connectivity index (χ4v) is 2.26. The van der Waals surface area contributed by atoms with E-state index in [0.717, 1.165) is 27.3 Å². The predicted octanol–water partition coefficient (Wildman–Crippen LogP) is 2.90. The first-order valence-corrected chi connectivity index (χ1v) is 6.64. The third-order valence-corrected chi connectivity index (χ3v) is 3.80. The Morgan fingerprint density at radius 1 is 1.21 bits per heavy atom. The molecular formula is C13H12BrN5. The van der Waals surface area contributed by atoms with E-state index in [0.29, 0.717) is 5.82 Å². The second kappa shape index (κ2) is 4.62. The molecule has 0 aliphatic rings. The highest BCUT2D eigenvalue weighted by atomic mass is 79.9. The van der Waals surface area contributed by atoms with Crippen LogP contribution < -0.4 is 5.32 Å². The standard InChI is InChI=1S/C13H12BrN5/c1-8-11(14)13(15-2)18-12(16-8)9-7-19-6-4-3-5-10(19)17-9/h3-7H,1-2H3,(H,15,16,18). The molecule has 0 aliphatic carbocycles. The number of rotatable bonds is 2. The van der Waals surface area contributed by atoms with Gasteiger partial charge in [-0.3, -0.25) is 0 Å². The lowest BCUT2D eigenvalue weighted by molar-refractivity contribution is 1.08. The Labute approximate surface area is 118 Å². The van der Waals surface area contributed by atoms with E-state index in [1.807, 2.05) is 49.0 Å². The molecule has 3 aromatic heterocycles. The Morgan fingerprint density at radius 3 is 2.79 bits per heavy atom. The van der Waals surface area contributed by atoms with Crippen molar-refractivity contribution >= 4 is 27.4 Å². The van der Waals surface area contributed by atoms with E-state index in [1.54, 1.807) is 0 Å². The molecule has 96 valence electrons. The highest BCUT2D eigenvalue weighted by molar-refractivity contribution is 9.10. The molecule has 0 spiro atoms. The number of pyridine rings is 1. The Bertz CT molecular complexity index is 717. The molecule has 0 fully saturated rings. The number of hydrogen-bond acceptors (Lipinski definition) is 4. The van der Waals surface area contributed by atoms with E-state index < -0.39 is 0 Å². The van der Waals surface area contributed by atoms with Gasteiger partial charge >= 0.3 is 0 Å². The number of aromatic nitrogens is 4. The first-order valence-electron chi connectivity index (χ1n) is 5.85. The largest absolute Gasteiger partial charge is 0.372 e. The van der Waals surface area contributed by atoms with Gasteiger partial charge in [0.2, 0.25) is 0 Å². The minimum atomic E-state index is 0.619. The van der Waals surface area contributed by atoms with Gasteiger partial charge in [-0.15, -0.1) is 0 Å². The lowest BCUT2D eigenvalue weighted by Gasteiger charge is -2.06. The second-order valence-electron chi connectivity index (χ2n) is 4.14. The van der Waals surface area contributed by atoms with E-state index in [-0.39, 0.29) is 0 Å². The summed E-state index contributed by atoms with van der Waals surface area (Å²) < 4.78 is 2.83. The Hall–Kier alpha value is -1.95. The number of fused-ring (bicyclic) bond motifs is 1. The van der Waals surface area contributed by atoms with Gasteiger partial charge in [0.05, 0.1) is 10.2 Å². The molecule has 0 radical (unpaired) electrons. The molecule has 0 aliphatic heterocycles. The maximum Gasteiger partial charge on any atom is 0.182 e. The van der Waals surface area contributed by atoms with E-state index >= 15 is 0 Å². The number of nitrogens with one attached hydrogen (secondary N) is 1. The van der Waals surface area contributed by atoms with Gasteiger partial charge in [0.25, 0.3) is 0 Å². The molecule has 5 nitrogen and oxygen atoms in total. The average molecular weight is 318 g/mol. The van der Waals surface area contributed by atoms with Crippen LogP contribution in [0.15, 0.2) is 35.1 Å². The average Bonchev–Trinajstić information content (AvgIpc) is 2.85. The fourth-order valence-electron chi connectivity index (χ4n) is 1.88. The first kappa shape index (κ1) is 12.1. The van der Waals surface area contributed by atoms with Crippen molar-refractivity contribution in [3.63, 3.8) is 0 Å². The molecule has 0 saturated heterocycles. The number of anilines is 1. The maximum atomic E-state index is 4.52. The maximum absolute atomic E-state index is 4.52. The molecule has 6 heteroatoms. The van der Waals surface area contributed by atoms with Crippen LogP contribution in [-0.4, -0.2) is 26.4 Å². The van der Waals surface area contributed by atoms with Crippen LogP contribution in [-0.2, 0) is 0 Å². The smallest absolute Gasteiger partial charge is 0.182 e. The molecule has 19 heavy (non-hydrogen) atoms. The van der Waals surface area contributed by atoms with Crippen molar-refractivity contribution in [1.29, 1.82) is 0 Å². The summed E-state index contributed by atoms with van der Waals surface area (Å²) in [6.07, 6.45) is 3.88. The van der Waals surface area contributed by atoms with Crippen LogP contribution in [0.25, 0.3) is 17.2 Å². The molecule has 3 rings (SSSR count). The normalized spacial score (nSPS) is 10.9. The topological polar surface area (TPSA) is 55.1 Å². The summed E-state index contributed by atoms with van der Waals surface area (Å²) >= 11 is 3.47. The Morgan fingerprint density at radius 2 is 2.05 bits per heavy atom. The lowest BCUT2D eigenvalue weighted by atomic mass is 10.3. The van der Waals surface area contributed by atoms with Crippen LogP contribution in [0, 0.1) is 6.92 Å². The zero-order valence-electron chi connectivity index (χ0n) is 10.6. The molecule has 0 aromatic carbocycles. The first-order chi connectivity index (χ1) is 9.19. The zero-order valence-corrected chi connectivity index (χ0v) is 12.1. The molecule has 3 heterocycles. The monoisotopic (exact) mass is 317 g/mol. The van der Waals surface area contributed by atoms with Crippen molar-refractivity contribution in [3.05, 3.63) is 40.8 Å². The van der Waals surface area contributed by atoms with Crippen LogP contribution in [0.2, 0.25) is 0 Å². The molecule has 1 N–H and O–H groups in total. The van der Waals surface area contributed by atoms with Crippen molar-refractivity contribution in [2.45, 2.75) is 6.92 Å². The number of halogens is 1. The number of aryl methyl sites for hydroxylation is 1. The molecule has 0 saturated carbocycles. The van der Waals surface area contributed by atoms with Crippen LogP contribution in [0.1, 0.15) is 5.69 Å². The van der Waals surface area contributed by atoms with Crippen molar-refractivity contribution in [2.24, 2.45) is 0 Å². The van der Waals surface area contributed by atoms with Crippen LogP contribution in [0.3, 0.4) is 0 Å². The molecule has 0 unspecified atom stereocenters. The van der Waals surface area contributed by atoms with Crippen LogP contribution in [0.5, 0.6) is 0 Å². The summed E-state index contributed by atoms with van der Waals surface area (Å²) in [5.41, 5.74) is 2.53. The van der Waals surface area contributed by atoms with E-state index in [9.17, 15) is 0 Å². The second-order valence-corrected chi connectivity index (χ2v) is 4.93. The summed E-state index contributed by atoms with van der Waals surface area (Å²) in [5.74, 6) is 1.38. The van der Waals surface area contributed by atoms with E-state index in [4.69, 9.17) is 0 Å². The van der Waals surface area contributed by atoms with E-state index in [2.05, 4.69) is 36.2 Å². The molecular weight excluding hydrogens is 306 g/mol. The SMILES string of the molecule is CNc1nc(-c2cn3ccccc3n2)nc(C)c1Br. The van der Waals surface area contributed by atoms with Gasteiger partial charge < -0.3 is 9.72 Å². The third-order valence-electron chi connectivity index (χ3n) is 2.85. The fraction of sp³-hybridized carbons (Fsp3) is 0.154. The zero-order chi connectivity index (χ0) is 13.4. The number of imidazole rings is 1. The number of nitrogens with zero attached hydrogens (tertiary/aromatic N) is 4. The van der Waals surface area contributed by atoms with E-state index in [1.165, 1.54) is 0 Å². The molecule has 0 amide bonds. The quantitative estimate of drug-likeness (QED) is 0.789. The van der Waals surface area contributed by atoms with Crippen molar-refractivity contribution in [3.8, 4) is 11.5 Å². The number of hydrogen-bond donors (Lipinski definition) is 1. The summed E-state index contributed by atoms with van der Waals surface area (Å²) in [7, 11) is 1.83. The summed E-state index contributed by atoms with van der Waals surface area (Å²) in [6, 6.07) is 5.87. The highest BCUT2D eigenvalue weighted by Crippen LogP contribution is 2.26. The summed E-state index contributed by atoms with van der Waals surface area (Å²) in [5, 5.41) is 3.05. The van der Waals surface area contributed by atoms with Crippen molar-refractivity contribution in [1.82, 2.24) is 19.4 Å². The van der Waals surface area contributed by atoms with Gasteiger partial charge in [-0.1, -0.05) is 6.07 Å². The third kappa shape index (κ3) is 2.08. The summed E-state index contributed by atoms with van der Waals surface area (Å²) in [4.78, 5) is 13.5. The van der Waals surface area contributed by atoms with Gasteiger partial charge in [0, 0.05) is 19.4 Å². The van der Waals surface area contributed by atoms with Gasteiger partial charge in [0.1, 0.15) is 17.2 Å². The van der Waals surface area contributed by atoms with Crippen LogP contribution >= 0.6 is 15.9 Å². The lowest BCUT2D eigenvalue weighted by Crippen LogP contribution is -2.00. The van der Waals surface area contributed by atoms with Crippen LogP contribution in [0.4, 0.5) is 5.82 Å².